The standard InChI is InChI=1S/C30H30F4N6O3S/c31-16-24-26(19-1-4-21(5-2-19)39-11-13-44(42,43)14-12-39)27(38-40(24)25-6-3-20(32)17-36-25)22-7-8-30(33,34)15-23(22)28(41)37-29(18-35)9-10-29/h1-6,17,22-23H,7-16H2,(H,37,41). The van der Waals surface area contributed by atoms with Crippen LogP contribution in [0.4, 0.5) is 23.2 Å². The van der Waals surface area contributed by atoms with Gasteiger partial charge < -0.3 is 10.2 Å². The van der Waals surface area contributed by atoms with Crippen molar-refractivity contribution in [3.63, 3.8) is 0 Å². The van der Waals surface area contributed by atoms with Crippen molar-refractivity contribution in [2.45, 2.75) is 56.2 Å². The lowest BCUT2D eigenvalue weighted by Crippen LogP contribution is -2.45. The molecule has 3 fully saturated rings. The normalized spacial score (nSPS) is 23.5. The summed E-state index contributed by atoms with van der Waals surface area (Å²) >= 11 is 0. The van der Waals surface area contributed by atoms with Gasteiger partial charge in [-0.05, 0) is 49.1 Å². The van der Waals surface area contributed by atoms with Crippen LogP contribution in [0.1, 0.15) is 49.4 Å². The Morgan fingerprint density at radius 3 is 2.39 bits per heavy atom. The molecular weight excluding hydrogens is 600 g/mol. The van der Waals surface area contributed by atoms with Gasteiger partial charge in [-0.1, -0.05) is 12.1 Å². The summed E-state index contributed by atoms with van der Waals surface area (Å²) < 4.78 is 83.1. The zero-order valence-corrected chi connectivity index (χ0v) is 24.5. The molecule has 0 radical (unpaired) electrons. The van der Waals surface area contributed by atoms with Crippen molar-refractivity contribution >= 4 is 21.4 Å². The zero-order chi connectivity index (χ0) is 31.3. The number of carbonyl (C=O) groups is 1. The number of sulfone groups is 1. The van der Waals surface area contributed by atoms with E-state index in [9.17, 15) is 36.0 Å². The van der Waals surface area contributed by atoms with E-state index in [0.717, 1.165) is 18.0 Å². The summed E-state index contributed by atoms with van der Waals surface area (Å²) in [4.78, 5) is 19.4. The smallest absolute Gasteiger partial charge is 0.249 e. The van der Waals surface area contributed by atoms with Gasteiger partial charge in [0.15, 0.2) is 15.7 Å². The molecule has 6 rings (SSSR count). The van der Waals surface area contributed by atoms with Gasteiger partial charge in [0.2, 0.25) is 11.8 Å². The SMILES string of the molecule is N#CC1(NC(=O)C2CC(F)(F)CCC2c2nn(-c3ccc(F)cn3)c(CF)c2-c2ccc(N3CCS(=O)(=O)CC3)cc2)CC1. The minimum absolute atomic E-state index is 0.0329. The third-order valence-corrected chi connectivity index (χ3v) is 10.4. The molecule has 2 saturated carbocycles. The number of pyridine rings is 1. The summed E-state index contributed by atoms with van der Waals surface area (Å²) in [7, 11) is -3.09. The number of hydrogen-bond acceptors (Lipinski definition) is 7. The number of anilines is 1. The lowest BCUT2D eigenvalue weighted by atomic mass is 9.73. The number of hydrogen-bond donors (Lipinski definition) is 1. The molecule has 0 bridgehead atoms. The van der Waals surface area contributed by atoms with Crippen LogP contribution in [0.2, 0.25) is 0 Å². The molecule has 9 nitrogen and oxygen atoms in total. The van der Waals surface area contributed by atoms with E-state index in [4.69, 9.17) is 0 Å². The Balaban J connectivity index is 1.43. The average Bonchev–Trinajstić information content (AvgIpc) is 3.67. The fourth-order valence-corrected chi connectivity index (χ4v) is 7.32. The molecule has 14 heteroatoms. The molecule has 3 aromatic rings. The number of carbonyl (C=O) groups excluding carboxylic acids is 1. The van der Waals surface area contributed by atoms with Crippen LogP contribution in [0.15, 0.2) is 42.6 Å². The van der Waals surface area contributed by atoms with E-state index in [2.05, 4.69) is 21.5 Å². The highest BCUT2D eigenvalue weighted by atomic mass is 32.2. The summed E-state index contributed by atoms with van der Waals surface area (Å²) in [6.45, 7) is -0.368. The van der Waals surface area contributed by atoms with E-state index in [1.165, 1.54) is 10.7 Å². The summed E-state index contributed by atoms with van der Waals surface area (Å²) in [6, 6.07) is 11.5. The van der Waals surface area contributed by atoms with Gasteiger partial charge in [0.25, 0.3) is 0 Å². The minimum atomic E-state index is -3.12. The van der Waals surface area contributed by atoms with Crippen LogP contribution in [0.3, 0.4) is 0 Å². The number of benzene rings is 1. The second-order valence-corrected chi connectivity index (χ2v) is 14.1. The van der Waals surface area contributed by atoms with Gasteiger partial charge >= 0.3 is 0 Å². The number of aromatic nitrogens is 3. The molecule has 2 unspecified atom stereocenters. The van der Waals surface area contributed by atoms with Crippen LogP contribution >= 0.6 is 0 Å². The maximum Gasteiger partial charge on any atom is 0.249 e. The van der Waals surface area contributed by atoms with E-state index in [-0.39, 0.29) is 35.1 Å². The molecule has 0 spiro atoms. The van der Waals surface area contributed by atoms with Crippen molar-refractivity contribution in [2.24, 2.45) is 5.92 Å². The Bertz CT molecular complexity index is 1700. The van der Waals surface area contributed by atoms with Crippen LogP contribution in [-0.2, 0) is 21.3 Å². The quantitative estimate of drug-likeness (QED) is 0.383. The molecule has 1 saturated heterocycles. The molecule has 1 N–H and O–H groups in total. The Kier molecular flexibility index (Phi) is 7.63. The number of alkyl halides is 3. The molecule has 44 heavy (non-hydrogen) atoms. The molecule has 2 aliphatic carbocycles. The topological polar surface area (TPSA) is 121 Å². The predicted molar refractivity (Wildman–Crippen MR) is 153 cm³/mol. The third kappa shape index (κ3) is 5.89. The second kappa shape index (κ2) is 11.2. The van der Waals surface area contributed by atoms with Gasteiger partial charge in [-0.2, -0.15) is 10.4 Å². The first kappa shape index (κ1) is 30.1. The number of halogens is 4. The number of nitriles is 1. The maximum atomic E-state index is 14.9. The lowest BCUT2D eigenvalue weighted by molar-refractivity contribution is -0.134. The van der Waals surface area contributed by atoms with E-state index in [1.54, 1.807) is 24.3 Å². The highest BCUT2D eigenvalue weighted by Gasteiger charge is 2.51. The molecule has 1 aliphatic heterocycles. The second-order valence-electron chi connectivity index (χ2n) is 11.8. The number of nitrogens with one attached hydrogen (secondary N) is 1. The van der Waals surface area contributed by atoms with E-state index < -0.39 is 64.4 Å². The number of rotatable bonds is 7. The Morgan fingerprint density at radius 1 is 1.09 bits per heavy atom. The Morgan fingerprint density at radius 2 is 1.80 bits per heavy atom. The highest BCUT2D eigenvalue weighted by molar-refractivity contribution is 7.91. The van der Waals surface area contributed by atoms with Gasteiger partial charge in [-0.25, -0.2) is 35.6 Å². The first-order valence-electron chi connectivity index (χ1n) is 14.4. The van der Waals surface area contributed by atoms with Crippen molar-refractivity contribution < 1.29 is 30.8 Å². The average molecular weight is 631 g/mol. The lowest BCUT2D eigenvalue weighted by Gasteiger charge is -2.35. The maximum absolute atomic E-state index is 14.9. The van der Waals surface area contributed by atoms with Crippen molar-refractivity contribution in [1.29, 1.82) is 5.26 Å². The molecule has 3 aliphatic rings. The predicted octanol–water partition coefficient (Wildman–Crippen LogP) is 4.47. The van der Waals surface area contributed by atoms with Crippen molar-refractivity contribution in [3.8, 4) is 23.0 Å². The van der Waals surface area contributed by atoms with Crippen LogP contribution < -0.4 is 10.2 Å². The van der Waals surface area contributed by atoms with E-state index >= 15 is 0 Å². The fraction of sp³-hybridized carbons (Fsp3) is 0.467. The van der Waals surface area contributed by atoms with Crippen molar-refractivity contribution in [3.05, 3.63) is 59.8 Å². The van der Waals surface area contributed by atoms with Gasteiger partial charge in [0.05, 0.1) is 41.1 Å². The van der Waals surface area contributed by atoms with Crippen molar-refractivity contribution in [1.82, 2.24) is 20.1 Å². The summed E-state index contributed by atoms with van der Waals surface area (Å²) in [5.41, 5.74) is 0.825. The first-order valence-corrected chi connectivity index (χ1v) is 16.2. The highest BCUT2D eigenvalue weighted by Crippen LogP contribution is 2.49. The van der Waals surface area contributed by atoms with Gasteiger partial charge in [0, 0.05) is 43.1 Å². The molecule has 1 aromatic carbocycles. The Labute approximate surface area is 251 Å². The summed E-state index contributed by atoms with van der Waals surface area (Å²) in [6.07, 6.45) is 0.445. The summed E-state index contributed by atoms with van der Waals surface area (Å²) in [5.74, 6) is -6.30. The summed E-state index contributed by atoms with van der Waals surface area (Å²) in [5, 5.41) is 16.8. The molecule has 3 heterocycles. The molecule has 2 atom stereocenters. The monoisotopic (exact) mass is 630 g/mol. The molecular formula is C30H30F4N6O3S. The fourth-order valence-electron chi connectivity index (χ4n) is 6.12. The third-order valence-electron chi connectivity index (χ3n) is 8.77. The van der Waals surface area contributed by atoms with Crippen LogP contribution in [-0.4, -0.2) is 65.1 Å². The molecule has 232 valence electrons. The number of amides is 1. The Hall–Kier alpha value is -3.99. The van der Waals surface area contributed by atoms with Gasteiger partial charge in [-0.15, -0.1) is 0 Å². The minimum Gasteiger partial charge on any atom is -0.369 e. The van der Waals surface area contributed by atoms with Crippen LogP contribution in [0.25, 0.3) is 16.9 Å². The van der Waals surface area contributed by atoms with Crippen molar-refractivity contribution in [2.75, 3.05) is 29.5 Å². The van der Waals surface area contributed by atoms with Gasteiger partial charge in [-0.3, -0.25) is 4.79 Å². The van der Waals surface area contributed by atoms with Crippen LogP contribution in [0, 0.1) is 23.1 Å². The largest absolute Gasteiger partial charge is 0.369 e. The first-order chi connectivity index (χ1) is 20.9. The van der Waals surface area contributed by atoms with E-state index in [0.29, 0.717) is 37.1 Å². The van der Waals surface area contributed by atoms with E-state index in [1.807, 2.05) is 4.90 Å². The van der Waals surface area contributed by atoms with Crippen LogP contribution in [0.5, 0.6) is 0 Å². The zero-order valence-electron chi connectivity index (χ0n) is 23.6. The van der Waals surface area contributed by atoms with Gasteiger partial charge in [0.1, 0.15) is 18.0 Å². The molecule has 1 amide bonds. The number of nitrogens with zero attached hydrogens (tertiary/aromatic N) is 5. The molecule has 2 aromatic heterocycles.